The van der Waals surface area contributed by atoms with Gasteiger partial charge in [-0.2, -0.15) is 13.2 Å². The maximum Gasteiger partial charge on any atom is 0.433 e. The summed E-state index contributed by atoms with van der Waals surface area (Å²) in [6.07, 6.45) is 0.933. The lowest BCUT2D eigenvalue weighted by molar-refractivity contribution is -0.141. The van der Waals surface area contributed by atoms with Crippen LogP contribution in [0.2, 0.25) is 0 Å². The lowest BCUT2D eigenvalue weighted by atomic mass is 10.1. The first kappa shape index (κ1) is 17.1. The lowest BCUT2D eigenvalue weighted by Crippen LogP contribution is -2.48. The Morgan fingerprint density at radius 2 is 2.16 bits per heavy atom. The molecule has 2 aromatic rings. The van der Waals surface area contributed by atoms with Crippen molar-refractivity contribution in [3.63, 3.8) is 0 Å². The smallest absolute Gasteiger partial charge is 0.354 e. The standard InChI is InChI=1S/C16H16F3N5O/c17-16(18,19)13-7-14(22-10-21-13)24-6-2-4-12(9-24)23-15(25)11-3-1-5-20-8-11/h1,3,5,7-8,10,12H,2,4,6,9H2,(H,23,25). The third-order valence-electron chi connectivity index (χ3n) is 3.95. The van der Waals surface area contributed by atoms with E-state index in [-0.39, 0.29) is 17.8 Å². The maximum absolute atomic E-state index is 12.8. The van der Waals surface area contributed by atoms with Crippen molar-refractivity contribution in [2.75, 3.05) is 18.0 Å². The first-order valence-corrected chi connectivity index (χ1v) is 7.78. The van der Waals surface area contributed by atoms with Crippen LogP contribution < -0.4 is 10.2 Å². The SMILES string of the molecule is O=C(NC1CCCN(c2cc(C(F)(F)F)ncn2)C1)c1cccnc1. The maximum atomic E-state index is 12.8. The molecule has 0 radical (unpaired) electrons. The third-order valence-corrected chi connectivity index (χ3v) is 3.95. The minimum atomic E-state index is -4.51. The summed E-state index contributed by atoms with van der Waals surface area (Å²) in [7, 11) is 0. The van der Waals surface area contributed by atoms with E-state index >= 15 is 0 Å². The van der Waals surface area contributed by atoms with Crippen LogP contribution in [0.5, 0.6) is 0 Å². The molecular formula is C16H16F3N5O. The molecule has 25 heavy (non-hydrogen) atoms. The summed E-state index contributed by atoms with van der Waals surface area (Å²) in [6.45, 7) is 0.966. The molecule has 1 aliphatic heterocycles. The summed E-state index contributed by atoms with van der Waals surface area (Å²) in [5, 5.41) is 2.89. The Balaban J connectivity index is 1.68. The minimum absolute atomic E-state index is 0.175. The van der Waals surface area contributed by atoms with Crippen molar-refractivity contribution in [1.29, 1.82) is 0 Å². The van der Waals surface area contributed by atoms with Crippen molar-refractivity contribution in [2.24, 2.45) is 0 Å². The quantitative estimate of drug-likeness (QED) is 0.919. The van der Waals surface area contributed by atoms with E-state index in [1.165, 1.54) is 6.20 Å². The number of hydrogen-bond donors (Lipinski definition) is 1. The number of nitrogens with zero attached hydrogens (tertiary/aromatic N) is 4. The van der Waals surface area contributed by atoms with Gasteiger partial charge in [0.15, 0.2) is 0 Å². The number of halogens is 3. The number of amides is 1. The van der Waals surface area contributed by atoms with Crippen LogP contribution in [0.3, 0.4) is 0 Å². The van der Waals surface area contributed by atoms with Crippen molar-refractivity contribution in [3.05, 3.63) is 48.2 Å². The number of pyridine rings is 1. The fourth-order valence-electron chi connectivity index (χ4n) is 2.74. The highest BCUT2D eigenvalue weighted by atomic mass is 19.4. The molecule has 0 bridgehead atoms. The number of piperidine rings is 1. The molecule has 1 atom stereocenters. The molecule has 3 heterocycles. The Kier molecular flexibility index (Phi) is 4.82. The van der Waals surface area contributed by atoms with E-state index in [9.17, 15) is 18.0 Å². The largest absolute Gasteiger partial charge is 0.433 e. The Morgan fingerprint density at radius 1 is 1.32 bits per heavy atom. The molecule has 1 unspecified atom stereocenters. The van der Waals surface area contributed by atoms with Gasteiger partial charge in [0.2, 0.25) is 0 Å². The van der Waals surface area contributed by atoms with Gasteiger partial charge in [0.25, 0.3) is 5.91 Å². The van der Waals surface area contributed by atoms with E-state index in [1.807, 2.05) is 0 Å². The summed E-state index contributed by atoms with van der Waals surface area (Å²) in [5.74, 6) is -0.0405. The Morgan fingerprint density at radius 3 is 2.88 bits per heavy atom. The molecular weight excluding hydrogens is 335 g/mol. The summed E-state index contributed by atoms with van der Waals surface area (Å²) < 4.78 is 38.4. The summed E-state index contributed by atoms with van der Waals surface area (Å²) in [4.78, 5) is 25.0. The van der Waals surface area contributed by atoms with Crippen LogP contribution in [-0.4, -0.2) is 40.0 Å². The molecule has 1 amide bonds. The van der Waals surface area contributed by atoms with Gasteiger partial charge in [0.05, 0.1) is 5.56 Å². The molecule has 0 aromatic carbocycles. The fraction of sp³-hybridized carbons (Fsp3) is 0.375. The fourth-order valence-corrected chi connectivity index (χ4v) is 2.74. The molecule has 0 aliphatic carbocycles. The second kappa shape index (κ2) is 7.04. The second-order valence-electron chi connectivity index (χ2n) is 5.76. The van der Waals surface area contributed by atoms with Crippen LogP contribution in [0.4, 0.5) is 19.0 Å². The van der Waals surface area contributed by atoms with Gasteiger partial charge in [0, 0.05) is 37.6 Å². The molecule has 1 N–H and O–H groups in total. The van der Waals surface area contributed by atoms with Crippen LogP contribution in [0, 0.1) is 0 Å². The number of carbonyl (C=O) groups is 1. The van der Waals surface area contributed by atoms with Gasteiger partial charge < -0.3 is 10.2 Å². The Bertz CT molecular complexity index is 738. The van der Waals surface area contributed by atoms with Crippen LogP contribution in [0.15, 0.2) is 36.9 Å². The van der Waals surface area contributed by atoms with Crippen molar-refractivity contribution in [1.82, 2.24) is 20.3 Å². The normalized spacial score (nSPS) is 18.0. The van der Waals surface area contributed by atoms with Crippen molar-refractivity contribution in [2.45, 2.75) is 25.1 Å². The van der Waals surface area contributed by atoms with Gasteiger partial charge in [-0.1, -0.05) is 0 Å². The van der Waals surface area contributed by atoms with Crippen LogP contribution in [0.1, 0.15) is 28.9 Å². The topological polar surface area (TPSA) is 71.0 Å². The van der Waals surface area contributed by atoms with Gasteiger partial charge in [0.1, 0.15) is 17.8 Å². The van der Waals surface area contributed by atoms with E-state index in [4.69, 9.17) is 0 Å². The van der Waals surface area contributed by atoms with Gasteiger partial charge >= 0.3 is 6.18 Å². The highest BCUT2D eigenvalue weighted by molar-refractivity contribution is 5.94. The van der Waals surface area contributed by atoms with E-state index in [0.29, 0.717) is 18.7 Å². The van der Waals surface area contributed by atoms with E-state index in [2.05, 4.69) is 20.3 Å². The molecule has 1 aliphatic rings. The molecule has 1 saturated heterocycles. The highest BCUT2D eigenvalue weighted by Gasteiger charge is 2.33. The third kappa shape index (κ3) is 4.23. The molecule has 9 heteroatoms. The number of hydrogen-bond acceptors (Lipinski definition) is 5. The van der Waals surface area contributed by atoms with Crippen LogP contribution in [-0.2, 0) is 6.18 Å². The van der Waals surface area contributed by atoms with Gasteiger partial charge in [-0.15, -0.1) is 0 Å². The van der Waals surface area contributed by atoms with E-state index in [0.717, 1.165) is 25.2 Å². The average molecular weight is 351 g/mol. The highest BCUT2D eigenvalue weighted by Crippen LogP contribution is 2.29. The van der Waals surface area contributed by atoms with Crippen molar-refractivity contribution in [3.8, 4) is 0 Å². The van der Waals surface area contributed by atoms with Gasteiger partial charge in [-0.25, -0.2) is 9.97 Å². The predicted octanol–water partition coefficient (Wildman–Crippen LogP) is 2.29. The monoisotopic (exact) mass is 351 g/mol. The molecule has 0 saturated carbocycles. The predicted molar refractivity (Wildman–Crippen MR) is 84.0 cm³/mol. The average Bonchev–Trinajstić information content (AvgIpc) is 2.62. The summed E-state index contributed by atoms with van der Waals surface area (Å²) >= 11 is 0. The van der Waals surface area contributed by atoms with Gasteiger partial charge in [-0.3, -0.25) is 9.78 Å². The molecule has 3 rings (SSSR count). The van der Waals surface area contributed by atoms with E-state index in [1.54, 1.807) is 23.2 Å². The zero-order valence-electron chi connectivity index (χ0n) is 13.2. The lowest BCUT2D eigenvalue weighted by Gasteiger charge is -2.34. The summed E-state index contributed by atoms with van der Waals surface area (Å²) in [6, 6.07) is 4.08. The second-order valence-corrected chi connectivity index (χ2v) is 5.76. The zero-order chi connectivity index (χ0) is 17.9. The first-order chi connectivity index (χ1) is 11.9. The Hall–Kier alpha value is -2.71. The molecule has 2 aromatic heterocycles. The Labute approximate surface area is 142 Å². The number of carbonyl (C=O) groups excluding carboxylic acids is 1. The molecule has 132 valence electrons. The molecule has 0 spiro atoms. The van der Waals surface area contributed by atoms with Crippen molar-refractivity contribution >= 4 is 11.7 Å². The number of anilines is 1. The minimum Gasteiger partial charge on any atom is -0.354 e. The molecule has 6 nitrogen and oxygen atoms in total. The van der Waals surface area contributed by atoms with E-state index < -0.39 is 11.9 Å². The van der Waals surface area contributed by atoms with Crippen molar-refractivity contribution < 1.29 is 18.0 Å². The summed E-state index contributed by atoms with van der Waals surface area (Å²) in [5.41, 5.74) is -0.528. The number of rotatable bonds is 3. The molecule has 1 fully saturated rings. The van der Waals surface area contributed by atoms with Crippen LogP contribution >= 0.6 is 0 Å². The number of nitrogens with one attached hydrogen (secondary N) is 1. The van der Waals surface area contributed by atoms with Gasteiger partial charge in [-0.05, 0) is 25.0 Å². The van der Waals surface area contributed by atoms with Crippen LogP contribution in [0.25, 0.3) is 0 Å². The number of alkyl halides is 3. The number of aromatic nitrogens is 3. The zero-order valence-corrected chi connectivity index (χ0v) is 13.2. The first-order valence-electron chi connectivity index (χ1n) is 7.78.